The van der Waals surface area contributed by atoms with E-state index in [2.05, 4.69) is 81.5 Å². The fraction of sp³-hybridized carbons (Fsp3) is 0.780. The van der Waals surface area contributed by atoms with Crippen LogP contribution in [0.3, 0.4) is 0 Å². The minimum Gasteiger partial charge on any atom is -0.462 e. The highest BCUT2D eigenvalue weighted by Gasteiger charge is 2.19. The molecule has 0 fully saturated rings. The van der Waals surface area contributed by atoms with Crippen molar-refractivity contribution in [1.29, 1.82) is 0 Å². The van der Waals surface area contributed by atoms with Crippen molar-refractivity contribution in [2.45, 2.75) is 284 Å². The molecule has 0 N–H and O–H groups in total. The molecule has 0 aliphatic heterocycles. The number of hydrogen-bond acceptors (Lipinski definition) is 6. The molecule has 0 unspecified atom stereocenters. The van der Waals surface area contributed by atoms with Crippen molar-refractivity contribution in [1.82, 2.24) is 0 Å². The van der Waals surface area contributed by atoms with Crippen molar-refractivity contribution >= 4 is 17.9 Å². The number of esters is 3. The Morgan fingerprint density at radius 1 is 0.308 bits per heavy atom. The fourth-order valence-electron chi connectivity index (χ4n) is 7.73. The van der Waals surface area contributed by atoms with Gasteiger partial charge in [0, 0.05) is 19.3 Å². The lowest BCUT2D eigenvalue weighted by Crippen LogP contribution is -2.30. The summed E-state index contributed by atoms with van der Waals surface area (Å²) in [5, 5.41) is 0. The first-order chi connectivity index (χ1) is 32.0. The number of carbonyl (C=O) groups excluding carboxylic acids is 3. The molecule has 65 heavy (non-hydrogen) atoms. The van der Waals surface area contributed by atoms with Crippen molar-refractivity contribution < 1.29 is 28.6 Å². The minimum absolute atomic E-state index is 0.0837. The molecule has 0 aromatic heterocycles. The summed E-state index contributed by atoms with van der Waals surface area (Å²) in [6.45, 7) is 6.57. The van der Waals surface area contributed by atoms with E-state index < -0.39 is 6.10 Å². The number of ether oxygens (including phenoxy) is 3. The zero-order valence-corrected chi connectivity index (χ0v) is 43.0. The SMILES string of the molecule is CCCCC/C=C\C/C=C\CCCCCCCCCC(=O)OC[C@H](COC(=O)CCCCCCC/C=C\CCCCCC)OC(=O)CCCCCCCCC/C=C\C/C=C\CCCCC. The van der Waals surface area contributed by atoms with Crippen LogP contribution >= 0.6 is 0 Å². The summed E-state index contributed by atoms with van der Waals surface area (Å²) in [6.07, 6.45) is 66.2. The molecule has 0 heterocycles. The van der Waals surface area contributed by atoms with Gasteiger partial charge < -0.3 is 14.2 Å². The van der Waals surface area contributed by atoms with Gasteiger partial charge in [-0.05, 0) is 109 Å². The van der Waals surface area contributed by atoms with E-state index in [0.717, 1.165) is 89.9 Å². The van der Waals surface area contributed by atoms with E-state index in [9.17, 15) is 14.4 Å². The summed E-state index contributed by atoms with van der Waals surface area (Å²) in [7, 11) is 0. The Morgan fingerprint density at radius 3 is 0.892 bits per heavy atom. The summed E-state index contributed by atoms with van der Waals surface area (Å²) in [5.41, 5.74) is 0. The lowest BCUT2D eigenvalue weighted by atomic mass is 10.1. The van der Waals surface area contributed by atoms with E-state index in [-0.39, 0.29) is 31.1 Å². The Kier molecular flexibility index (Phi) is 51.3. The molecule has 0 aliphatic rings. The second-order valence-corrected chi connectivity index (χ2v) is 18.5. The molecule has 0 radical (unpaired) electrons. The fourth-order valence-corrected chi connectivity index (χ4v) is 7.73. The van der Waals surface area contributed by atoms with Gasteiger partial charge in [-0.15, -0.1) is 0 Å². The number of rotatable bonds is 50. The smallest absolute Gasteiger partial charge is 0.306 e. The van der Waals surface area contributed by atoms with Crippen LogP contribution in [-0.2, 0) is 28.6 Å². The van der Waals surface area contributed by atoms with Gasteiger partial charge in [-0.1, -0.05) is 210 Å². The third-order valence-corrected chi connectivity index (χ3v) is 12.0. The summed E-state index contributed by atoms with van der Waals surface area (Å²) in [6, 6.07) is 0. The first kappa shape index (κ1) is 62.1. The van der Waals surface area contributed by atoms with Gasteiger partial charge in [-0.2, -0.15) is 0 Å². The quantitative estimate of drug-likeness (QED) is 0.0262. The highest BCUT2D eigenvalue weighted by Crippen LogP contribution is 2.15. The Balaban J connectivity index is 4.40. The van der Waals surface area contributed by atoms with E-state index >= 15 is 0 Å². The second-order valence-electron chi connectivity index (χ2n) is 18.5. The van der Waals surface area contributed by atoms with Gasteiger partial charge in [-0.3, -0.25) is 14.4 Å². The second kappa shape index (κ2) is 53.7. The maximum atomic E-state index is 12.8. The Morgan fingerprint density at radius 2 is 0.554 bits per heavy atom. The van der Waals surface area contributed by atoms with Gasteiger partial charge >= 0.3 is 17.9 Å². The van der Waals surface area contributed by atoms with Crippen LogP contribution in [0.2, 0.25) is 0 Å². The van der Waals surface area contributed by atoms with Crippen molar-refractivity contribution in [3.8, 4) is 0 Å². The third-order valence-electron chi connectivity index (χ3n) is 12.0. The zero-order chi connectivity index (χ0) is 47.2. The van der Waals surface area contributed by atoms with E-state index in [1.165, 1.54) is 148 Å². The van der Waals surface area contributed by atoms with E-state index in [4.69, 9.17) is 14.2 Å². The minimum atomic E-state index is -0.784. The number of unbranched alkanes of at least 4 members (excludes halogenated alkanes) is 29. The lowest BCUT2D eigenvalue weighted by molar-refractivity contribution is -0.167. The van der Waals surface area contributed by atoms with Crippen LogP contribution in [0.25, 0.3) is 0 Å². The summed E-state index contributed by atoms with van der Waals surface area (Å²) >= 11 is 0. The van der Waals surface area contributed by atoms with Crippen LogP contribution in [0.1, 0.15) is 278 Å². The van der Waals surface area contributed by atoms with Crippen LogP contribution < -0.4 is 0 Å². The Hall–Kier alpha value is -2.89. The van der Waals surface area contributed by atoms with Gasteiger partial charge in [0.15, 0.2) is 6.10 Å². The predicted molar refractivity (Wildman–Crippen MR) is 279 cm³/mol. The van der Waals surface area contributed by atoms with E-state index in [0.29, 0.717) is 19.3 Å². The summed E-state index contributed by atoms with van der Waals surface area (Å²) in [5.74, 6) is -0.900. The highest BCUT2D eigenvalue weighted by molar-refractivity contribution is 5.71. The van der Waals surface area contributed by atoms with Gasteiger partial charge in [0.2, 0.25) is 0 Å². The van der Waals surface area contributed by atoms with Crippen molar-refractivity contribution in [2.75, 3.05) is 13.2 Å². The third kappa shape index (κ3) is 51.9. The maximum absolute atomic E-state index is 12.8. The molecule has 6 nitrogen and oxygen atoms in total. The topological polar surface area (TPSA) is 78.9 Å². The van der Waals surface area contributed by atoms with E-state index in [1.54, 1.807) is 0 Å². The average Bonchev–Trinajstić information content (AvgIpc) is 3.30. The molecular formula is C59H104O6. The predicted octanol–water partition coefficient (Wildman–Crippen LogP) is 18.4. The zero-order valence-electron chi connectivity index (χ0n) is 43.0. The van der Waals surface area contributed by atoms with Crippen molar-refractivity contribution in [3.63, 3.8) is 0 Å². The normalized spacial score (nSPS) is 12.5. The van der Waals surface area contributed by atoms with E-state index in [1.807, 2.05) is 0 Å². The van der Waals surface area contributed by atoms with Crippen LogP contribution in [0.5, 0.6) is 0 Å². The molecule has 0 aliphatic carbocycles. The summed E-state index contributed by atoms with van der Waals surface area (Å²) in [4.78, 5) is 38.1. The molecule has 0 spiro atoms. The molecule has 0 aromatic carbocycles. The largest absolute Gasteiger partial charge is 0.462 e. The van der Waals surface area contributed by atoms with Crippen molar-refractivity contribution in [3.05, 3.63) is 60.8 Å². The molecule has 376 valence electrons. The molecule has 0 bridgehead atoms. The molecule has 0 rings (SSSR count). The van der Waals surface area contributed by atoms with Gasteiger partial charge in [-0.25, -0.2) is 0 Å². The van der Waals surface area contributed by atoms with Crippen LogP contribution in [-0.4, -0.2) is 37.2 Å². The molecule has 1 atom stereocenters. The van der Waals surface area contributed by atoms with Crippen LogP contribution in [0, 0.1) is 0 Å². The summed E-state index contributed by atoms with van der Waals surface area (Å²) < 4.78 is 16.8. The van der Waals surface area contributed by atoms with Crippen molar-refractivity contribution in [2.24, 2.45) is 0 Å². The Bertz CT molecular complexity index is 1180. The van der Waals surface area contributed by atoms with Gasteiger partial charge in [0.1, 0.15) is 13.2 Å². The Labute approximate surface area is 402 Å². The average molecular weight is 909 g/mol. The highest BCUT2D eigenvalue weighted by atomic mass is 16.6. The van der Waals surface area contributed by atoms with Gasteiger partial charge in [0.05, 0.1) is 0 Å². The monoisotopic (exact) mass is 909 g/mol. The molecule has 0 amide bonds. The molecule has 0 saturated carbocycles. The van der Waals surface area contributed by atoms with Crippen LogP contribution in [0.15, 0.2) is 60.8 Å². The number of hydrogen-bond donors (Lipinski definition) is 0. The molecule has 0 saturated heterocycles. The molecular weight excluding hydrogens is 805 g/mol. The van der Waals surface area contributed by atoms with Crippen LogP contribution in [0.4, 0.5) is 0 Å². The van der Waals surface area contributed by atoms with Gasteiger partial charge in [0.25, 0.3) is 0 Å². The first-order valence-corrected chi connectivity index (χ1v) is 27.8. The number of carbonyl (C=O) groups is 3. The number of allylic oxidation sites excluding steroid dienone is 10. The maximum Gasteiger partial charge on any atom is 0.306 e. The first-order valence-electron chi connectivity index (χ1n) is 27.8. The standard InChI is InChI=1S/C59H104O6/c1-4-7-10-13-16-19-22-25-27-29-31-34-37-40-43-46-49-52-58(61)64-55-56(54-63-57(60)51-48-45-42-39-36-33-24-21-18-15-12-9-6-3)65-59(62)53-50-47-44-41-38-35-32-30-28-26-23-20-17-14-11-8-5-2/h16-17,19-21,24-28,56H,4-15,18,22-23,29-55H2,1-3H3/b19-16-,20-17-,24-21-,27-25-,28-26-/t56-/m0/s1. The molecule has 6 heteroatoms. The lowest BCUT2D eigenvalue weighted by Gasteiger charge is -2.18. The molecule has 0 aromatic rings.